The van der Waals surface area contributed by atoms with Crippen LogP contribution in [0.5, 0.6) is 0 Å². The third-order valence-corrected chi connectivity index (χ3v) is 12.2. The van der Waals surface area contributed by atoms with Crippen LogP contribution in [0.3, 0.4) is 0 Å². The summed E-state index contributed by atoms with van der Waals surface area (Å²) in [4.78, 5) is 5.54. The molecule has 1 heteroatoms. The van der Waals surface area contributed by atoms with Crippen LogP contribution < -0.4 is 0 Å². The highest BCUT2D eigenvalue weighted by atomic mass is 14.7. The molecular weight excluding hydrogens is 651 g/mol. The van der Waals surface area contributed by atoms with Gasteiger partial charge in [0.05, 0.1) is 11.2 Å². The van der Waals surface area contributed by atoms with Crippen molar-refractivity contribution in [2.45, 2.75) is 11.8 Å². The molecule has 3 aliphatic rings. The van der Waals surface area contributed by atoms with E-state index in [0.717, 1.165) is 16.8 Å². The Bertz CT molecular complexity index is 2990. The van der Waals surface area contributed by atoms with Crippen LogP contribution in [-0.4, -0.2) is 4.98 Å². The summed E-state index contributed by atoms with van der Waals surface area (Å²) in [5.41, 5.74) is 18.8. The first-order valence-corrected chi connectivity index (χ1v) is 19.0. The topological polar surface area (TPSA) is 12.9 Å². The first kappa shape index (κ1) is 29.7. The summed E-state index contributed by atoms with van der Waals surface area (Å²) in [6, 6.07) is 60.4. The minimum absolute atomic E-state index is 0.317. The molecule has 1 heterocycles. The number of allylic oxidation sites excluding steroid dienone is 4. The van der Waals surface area contributed by atoms with Gasteiger partial charge >= 0.3 is 0 Å². The minimum Gasteiger partial charge on any atom is -0.247 e. The monoisotopic (exact) mass is 683 g/mol. The zero-order valence-corrected chi connectivity index (χ0v) is 29.5. The number of hydrogen-bond donors (Lipinski definition) is 0. The molecule has 0 radical (unpaired) electrons. The zero-order valence-electron chi connectivity index (χ0n) is 29.5. The summed E-state index contributed by atoms with van der Waals surface area (Å²) >= 11 is 0. The first-order valence-electron chi connectivity index (χ1n) is 19.0. The quantitative estimate of drug-likeness (QED) is 0.180. The van der Waals surface area contributed by atoms with E-state index in [-0.39, 0.29) is 0 Å². The molecule has 2 unspecified atom stereocenters. The predicted molar refractivity (Wildman–Crippen MR) is 227 cm³/mol. The standard InChI is InChI=1S/C53H33N/c1-4-15-32(16-5-1)46-31-45-36-22-11-10-21-35(36)41-28-29-42(53(54-46)50(41)45)37-27-30-44-49-38(37)25-14-26-43(49)51-47(33-17-6-2-7-18-33)39-23-12-13-24-40(39)48(52(44)51)34-19-8-3-9-20-34/h1-31,35-36H. The Morgan fingerprint density at radius 1 is 0.352 bits per heavy atom. The molecule has 0 aliphatic heterocycles. The van der Waals surface area contributed by atoms with Crippen molar-refractivity contribution in [3.8, 4) is 66.9 Å². The van der Waals surface area contributed by atoms with Gasteiger partial charge in [-0.25, -0.2) is 4.98 Å². The summed E-state index contributed by atoms with van der Waals surface area (Å²) in [6.07, 6.45) is 9.16. The maximum absolute atomic E-state index is 5.54. The minimum atomic E-state index is 0.317. The molecule has 0 N–H and O–H groups in total. The lowest BCUT2D eigenvalue weighted by Gasteiger charge is -2.20. The van der Waals surface area contributed by atoms with Gasteiger partial charge in [-0.2, -0.15) is 0 Å². The molecule has 0 bridgehead atoms. The number of aromatic nitrogens is 1. The Kier molecular flexibility index (Phi) is 6.24. The molecule has 0 saturated heterocycles. The average molecular weight is 684 g/mol. The molecule has 1 nitrogen and oxygen atoms in total. The van der Waals surface area contributed by atoms with Crippen LogP contribution in [0.1, 0.15) is 23.0 Å². The molecule has 250 valence electrons. The zero-order chi connectivity index (χ0) is 35.3. The molecule has 12 rings (SSSR count). The highest BCUT2D eigenvalue weighted by Gasteiger charge is 2.35. The fraction of sp³-hybridized carbons (Fsp3) is 0.0377. The normalized spacial score (nSPS) is 16.0. The second-order valence-corrected chi connectivity index (χ2v) is 14.9. The SMILES string of the molecule is C1=CC2c3ccc(-c4ccc5c6c(cccc46)-c4c-5c(-c5ccccc5)c5ccccc5c4-c4ccccc4)c4nc(-c5ccccc5)cc(c34)C2C=C1. The van der Waals surface area contributed by atoms with Gasteiger partial charge in [0.1, 0.15) is 0 Å². The fourth-order valence-corrected chi connectivity index (χ4v) is 9.96. The van der Waals surface area contributed by atoms with Crippen molar-refractivity contribution in [2.75, 3.05) is 0 Å². The van der Waals surface area contributed by atoms with Gasteiger partial charge < -0.3 is 0 Å². The average Bonchev–Trinajstić information content (AvgIpc) is 3.75. The molecule has 54 heavy (non-hydrogen) atoms. The van der Waals surface area contributed by atoms with Crippen LogP contribution in [0.2, 0.25) is 0 Å². The molecular formula is C53H33N. The van der Waals surface area contributed by atoms with Crippen LogP contribution >= 0.6 is 0 Å². The summed E-state index contributed by atoms with van der Waals surface area (Å²) in [5.74, 6) is 0.649. The van der Waals surface area contributed by atoms with E-state index in [4.69, 9.17) is 4.98 Å². The summed E-state index contributed by atoms with van der Waals surface area (Å²) in [7, 11) is 0. The van der Waals surface area contributed by atoms with E-state index < -0.39 is 0 Å². The van der Waals surface area contributed by atoms with Crippen LogP contribution in [0.4, 0.5) is 0 Å². The van der Waals surface area contributed by atoms with Crippen molar-refractivity contribution >= 4 is 32.4 Å². The lowest BCUT2D eigenvalue weighted by atomic mass is 9.82. The van der Waals surface area contributed by atoms with Crippen molar-refractivity contribution in [2.24, 2.45) is 0 Å². The summed E-state index contributed by atoms with van der Waals surface area (Å²) in [5, 5.41) is 6.46. The van der Waals surface area contributed by atoms with E-state index in [2.05, 4.69) is 188 Å². The molecule has 0 spiro atoms. The van der Waals surface area contributed by atoms with E-state index >= 15 is 0 Å². The van der Waals surface area contributed by atoms with Crippen molar-refractivity contribution in [1.82, 2.24) is 4.98 Å². The van der Waals surface area contributed by atoms with Crippen molar-refractivity contribution in [3.63, 3.8) is 0 Å². The fourth-order valence-electron chi connectivity index (χ4n) is 9.96. The predicted octanol–water partition coefficient (Wildman–Crippen LogP) is 14.2. The van der Waals surface area contributed by atoms with Gasteiger partial charge in [-0.05, 0) is 88.8 Å². The van der Waals surface area contributed by atoms with Crippen molar-refractivity contribution in [3.05, 3.63) is 199 Å². The maximum Gasteiger partial charge on any atom is 0.0794 e. The highest BCUT2D eigenvalue weighted by molar-refractivity contribution is 6.29. The Morgan fingerprint density at radius 3 is 1.52 bits per heavy atom. The van der Waals surface area contributed by atoms with E-state index in [1.807, 2.05) is 0 Å². The molecule has 0 saturated carbocycles. The van der Waals surface area contributed by atoms with E-state index in [9.17, 15) is 0 Å². The number of rotatable bonds is 4. The highest BCUT2D eigenvalue weighted by Crippen LogP contribution is 2.59. The Balaban J connectivity index is 1.18. The van der Waals surface area contributed by atoms with Gasteiger partial charge in [-0.3, -0.25) is 0 Å². The van der Waals surface area contributed by atoms with Crippen molar-refractivity contribution < 1.29 is 0 Å². The molecule has 0 amide bonds. The summed E-state index contributed by atoms with van der Waals surface area (Å²) < 4.78 is 0. The van der Waals surface area contributed by atoms with E-state index in [1.54, 1.807) is 0 Å². The number of fused-ring (bicyclic) bond motifs is 7. The van der Waals surface area contributed by atoms with Crippen LogP contribution in [0, 0.1) is 0 Å². The number of benzene rings is 8. The Morgan fingerprint density at radius 2 is 0.870 bits per heavy atom. The third kappa shape index (κ3) is 4.07. The van der Waals surface area contributed by atoms with E-state index in [0.29, 0.717) is 11.8 Å². The second kappa shape index (κ2) is 11.3. The second-order valence-electron chi connectivity index (χ2n) is 14.9. The molecule has 8 aromatic carbocycles. The van der Waals surface area contributed by atoms with Crippen LogP contribution in [0.25, 0.3) is 99.3 Å². The van der Waals surface area contributed by atoms with Crippen LogP contribution in [-0.2, 0) is 0 Å². The van der Waals surface area contributed by atoms with Gasteiger partial charge in [0.15, 0.2) is 0 Å². The molecule has 3 aliphatic carbocycles. The van der Waals surface area contributed by atoms with Gasteiger partial charge in [-0.1, -0.05) is 182 Å². The lowest BCUT2D eigenvalue weighted by molar-refractivity contribution is 0.768. The Hall–Kier alpha value is -6.83. The molecule has 2 atom stereocenters. The first-order chi connectivity index (χ1) is 26.8. The van der Waals surface area contributed by atoms with Gasteiger partial charge in [-0.15, -0.1) is 0 Å². The largest absolute Gasteiger partial charge is 0.247 e. The molecule has 1 aromatic heterocycles. The maximum atomic E-state index is 5.54. The number of nitrogens with zero attached hydrogens (tertiary/aromatic N) is 1. The number of hydrogen-bond acceptors (Lipinski definition) is 1. The lowest BCUT2D eigenvalue weighted by Crippen LogP contribution is -2.02. The summed E-state index contributed by atoms with van der Waals surface area (Å²) in [6.45, 7) is 0. The number of pyridine rings is 1. The molecule has 0 fully saturated rings. The molecule has 9 aromatic rings. The smallest absolute Gasteiger partial charge is 0.0794 e. The van der Waals surface area contributed by atoms with Crippen LogP contribution in [0.15, 0.2) is 188 Å². The van der Waals surface area contributed by atoms with Gasteiger partial charge in [0.2, 0.25) is 0 Å². The van der Waals surface area contributed by atoms with Crippen molar-refractivity contribution in [1.29, 1.82) is 0 Å². The third-order valence-electron chi connectivity index (χ3n) is 12.2. The van der Waals surface area contributed by atoms with E-state index in [1.165, 1.54) is 93.7 Å². The van der Waals surface area contributed by atoms with Gasteiger partial charge in [0.25, 0.3) is 0 Å². The Labute approximate surface area is 314 Å². The van der Waals surface area contributed by atoms with Gasteiger partial charge in [0, 0.05) is 28.3 Å².